The molecule has 0 radical (unpaired) electrons. The van der Waals surface area contributed by atoms with Crippen molar-refractivity contribution >= 4 is 22.7 Å². The van der Waals surface area contributed by atoms with Crippen LogP contribution in [0.5, 0.6) is 0 Å². The molecule has 0 amide bonds. The molecule has 0 bridgehead atoms. The molecule has 0 unspecified atom stereocenters. The minimum Gasteiger partial charge on any atom is -0.464 e. The van der Waals surface area contributed by atoms with Gasteiger partial charge in [-0.15, -0.1) is 0 Å². The van der Waals surface area contributed by atoms with Crippen LogP contribution in [-0.2, 0) is 11.3 Å². The highest BCUT2D eigenvalue weighted by Gasteiger charge is 2.19. The minimum atomic E-state index is -0.561. The SMILES string of the molecule is COC(=O)c1nn(CC(=O)c2ccc(F)cc2)c2ccccc12. The fourth-order valence-corrected chi connectivity index (χ4v) is 2.36. The Bertz CT molecular complexity index is 884. The summed E-state index contributed by atoms with van der Waals surface area (Å²) in [6.45, 7) is -0.0524. The number of ketones is 1. The van der Waals surface area contributed by atoms with Crippen molar-refractivity contribution in [1.29, 1.82) is 0 Å². The summed E-state index contributed by atoms with van der Waals surface area (Å²) >= 11 is 0. The van der Waals surface area contributed by atoms with Crippen molar-refractivity contribution in [2.45, 2.75) is 6.54 Å². The Morgan fingerprint density at radius 1 is 1.13 bits per heavy atom. The van der Waals surface area contributed by atoms with Gasteiger partial charge in [-0.1, -0.05) is 18.2 Å². The predicted molar refractivity (Wildman–Crippen MR) is 81.8 cm³/mol. The highest BCUT2D eigenvalue weighted by atomic mass is 19.1. The fraction of sp³-hybridized carbons (Fsp3) is 0.118. The molecule has 6 heteroatoms. The van der Waals surface area contributed by atoms with E-state index in [4.69, 9.17) is 4.74 Å². The lowest BCUT2D eigenvalue weighted by molar-refractivity contribution is 0.0594. The summed E-state index contributed by atoms with van der Waals surface area (Å²) < 4.78 is 19.1. The number of Topliss-reactive ketones (excluding diaryl/α,β-unsaturated/α-hetero) is 1. The molecule has 1 aromatic heterocycles. The Morgan fingerprint density at radius 2 is 1.83 bits per heavy atom. The summed E-state index contributed by atoms with van der Waals surface area (Å²) in [5, 5.41) is 4.81. The zero-order valence-electron chi connectivity index (χ0n) is 12.3. The van der Waals surface area contributed by atoms with E-state index >= 15 is 0 Å². The van der Waals surface area contributed by atoms with Crippen LogP contribution in [0.3, 0.4) is 0 Å². The maximum absolute atomic E-state index is 12.9. The first-order valence-electron chi connectivity index (χ1n) is 6.93. The van der Waals surface area contributed by atoms with Gasteiger partial charge in [-0.25, -0.2) is 9.18 Å². The Hall–Kier alpha value is -3.02. The molecule has 0 saturated carbocycles. The molecule has 3 rings (SSSR count). The normalized spacial score (nSPS) is 10.7. The second kappa shape index (κ2) is 6.00. The van der Waals surface area contributed by atoms with Gasteiger partial charge in [0.1, 0.15) is 12.4 Å². The third kappa shape index (κ3) is 2.83. The van der Waals surface area contributed by atoms with Crippen molar-refractivity contribution in [2.75, 3.05) is 7.11 Å². The molecule has 1 heterocycles. The number of ether oxygens (including phenoxy) is 1. The number of fused-ring (bicyclic) bond motifs is 1. The number of methoxy groups -OCH3 is 1. The second-order valence-corrected chi connectivity index (χ2v) is 4.95. The highest BCUT2D eigenvalue weighted by Crippen LogP contribution is 2.19. The van der Waals surface area contributed by atoms with Crippen molar-refractivity contribution in [3.8, 4) is 0 Å². The minimum absolute atomic E-state index is 0.0524. The average Bonchev–Trinajstić information content (AvgIpc) is 2.93. The van der Waals surface area contributed by atoms with Crippen LogP contribution in [0.25, 0.3) is 10.9 Å². The summed E-state index contributed by atoms with van der Waals surface area (Å²) in [5.41, 5.74) is 1.20. The summed E-state index contributed by atoms with van der Waals surface area (Å²) in [6, 6.07) is 12.4. The molecule has 5 nitrogen and oxygen atoms in total. The van der Waals surface area contributed by atoms with Crippen LogP contribution >= 0.6 is 0 Å². The third-order valence-electron chi connectivity index (χ3n) is 3.50. The van der Waals surface area contributed by atoms with E-state index in [2.05, 4.69) is 5.10 Å². The monoisotopic (exact) mass is 312 g/mol. The molecule has 0 spiro atoms. The number of aromatic nitrogens is 2. The molecule has 23 heavy (non-hydrogen) atoms. The molecule has 0 atom stereocenters. The van der Waals surface area contributed by atoms with Gasteiger partial charge in [0, 0.05) is 10.9 Å². The van der Waals surface area contributed by atoms with Gasteiger partial charge < -0.3 is 4.74 Å². The molecule has 3 aromatic rings. The zero-order chi connectivity index (χ0) is 16.4. The van der Waals surface area contributed by atoms with Crippen LogP contribution in [0.2, 0.25) is 0 Å². The van der Waals surface area contributed by atoms with Gasteiger partial charge in [0.2, 0.25) is 0 Å². The Morgan fingerprint density at radius 3 is 2.52 bits per heavy atom. The average molecular weight is 312 g/mol. The lowest BCUT2D eigenvalue weighted by Gasteiger charge is -2.03. The molecule has 0 aliphatic heterocycles. The molecule has 0 saturated heterocycles. The summed E-state index contributed by atoms with van der Waals surface area (Å²) in [7, 11) is 1.28. The van der Waals surface area contributed by atoms with Crippen molar-refractivity contribution < 1.29 is 18.7 Å². The number of halogens is 1. The van der Waals surface area contributed by atoms with E-state index in [9.17, 15) is 14.0 Å². The number of hydrogen-bond donors (Lipinski definition) is 0. The molecule has 116 valence electrons. The third-order valence-corrected chi connectivity index (χ3v) is 3.50. The van der Waals surface area contributed by atoms with E-state index in [1.165, 1.54) is 36.1 Å². The largest absolute Gasteiger partial charge is 0.464 e. The van der Waals surface area contributed by atoms with E-state index in [1.807, 2.05) is 0 Å². The van der Waals surface area contributed by atoms with Crippen molar-refractivity contribution in [2.24, 2.45) is 0 Å². The Balaban J connectivity index is 1.98. The van der Waals surface area contributed by atoms with Gasteiger partial charge in [0.05, 0.1) is 12.6 Å². The van der Waals surface area contributed by atoms with E-state index in [0.29, 0.717) is 16.5 Å². The quantitative estimate of drug-likeness (QED) is 0.549. The number of rotatable bonds is 4. The number of hydrogen-bond acceptors (Lipinski definition) is 4. The topological polar surface area (TPSA) is 61.2 Å². The molecule has 2 aromatic carbocycles. The smallest absolute Gasteiger partial charge is 0.359 e. The maximum Gasteiger partial charge on any atom is 0.359 e. The van der Waals surface area contributed by atoms with Gasteiger partial charge >= 0.3 is 5.97 Å². The van der Waals surface area contributed by atoms with E-state index in [0.717, 1.165) is 0 Å². The fourth-order valence-electron chi connectivity index (χ4n) is 2.36. The van der Waals surface area contributed by atoms with Crippen LogP contribution < -0.4 is 0 Å². The summed E-state index contributed by atoms with van der Waals surface area (Å²) in [6.07, 6.45) is 0. The first kappa shape index (κ1) is 14.9. The van der Waals surface area contributed by atoms with Gasteiger partial charge in [0.15, 0.2) is 11.5 Å². The highest BCUT2D eigenvalue weighted by molar-refractivity contribution is 6.03. The first-order valence-corrected chi connectivity index (χ1v) is 6.93. The van der Waals surface area contributed by atoms with Gasteiger partial charge in [-0.2, -0.15) is 5.10 Å². The number of carbonyl (C=O) groups is 2. The molecular formula is C17H13FN2O3. The number of nitrogens with zero attached hydrogens (tertiary/aromatic N) is 2. The van der Waals surface area contributed by atoms with Crippen molar-refractivity contribution in [1.82, 2.24) is 9.78 Å². The van der Waals surface area contributed by atoms with E-state index in [1.54, 1.807) is 24.3 Å². The van der Waals surface area contributed by atoms with Gasteiger partial charge in [-0.3, -0.25) is 9.48 Å². The lowest BCUT2D eigenvalue weighted by Crippen LogP contribution is -2.13. The van der Waals surface area contributed by atoms with Crippen LogP contribution in [0.1, 0.15) is 20.8 Å². The standard InChI is InChI=1S/C17H13FN2O3/c1-23-17(22)16-13-4-2-3-5-14(13)20(19-16)10-15(21)11-6-8-12(18)9-7-11/h2-9H,10H2,1H3. The number of benzene rings is 2. The van der Waals surface area contributed by atoms with Crippen LogP contribution in [-0.4, -0.2) is 28.6 Å². The molecule has 0 aliphatic rings. The number of para-hydroxylation sites is 1. The molecule has 0 N–H and O–H groups in total. The lowest BCUT2D eigenvalue weighted by atomic mass is 10.1. The van der Waals surface area contributed by atoms with Crippen LogP contribution in [0.15, 0.2) is 48.5 Å². The summed E-state index contributed by atoms with van der Waals surface area (Å²) in [5.74, 6) is -1.19. The zero-order valence-corrected chi connectivity index (χ0v) is 12.3. The number of esters is 1. The Kier molecular flexibility index (Phi) is 3.89. The predicted octanol–water partition coefficient (Wildman–Crippen LogP) is 2.84. The molecule has 0 aliphatic carbocycles. The van der Waals surface area contributed by atoms with E-state index in [-0.39, 0.29) is 18.0 Å². The first-order chi connectivity index (χ1) is 11.1. The van der Waals surface area contributed by atoms with Crippen molar-refractivity contribution in [3.63, 3.8) is 0 Å². The van der Waals surface area contributed by atoms with Gasteiger partial charge in [-0.05, 0) is 30.3 Å². The van der Waals surface area contributed by atoms with Gasteiger partial charge in [0.25, 0.3) is 0 Å². The second-order valence-electron chi connectivity index (χ2n) is 4.95. The molecular weight excluding hydrogens is 299 g/mol. The summed E-state index contributed by atoms with van der Waals surface area (Å²) in [4.78, 5) is 24.1. The van der Waals surface area contributed by atoms with E-state index < -0.39 is 11.8 Å². The molecule has 0 fully saturated rings. The van der Waals surface area contributed by atoms with Crippen LogP contribution in [0.4, 0.5) is 4.39 Å². The number of carbonyl (C=O) groups excluding carboxylic acids is 2. The van der Waals surface area contributed by atoms with Crippen molar-refractivity contribution in [3.05, 3.63) is 65.6 Å². The maximum atomic E-state index is 12.9. The van der Waals surface area contributed by atoms with Crippen LogP contribution in [0, 0.1) is 5.82 Å². The Labute approximate surface area is 131 Å².